The van der Waals surface area contributed by atoms with E-state index < -0.39 is 0 Å². The van der Waals surface area contributed by atoms with Crippen molar-refractivity contribution < 1.29 is 9.47 Å². The van der Waals surface area contributed by atoms with Crippen LogP contribution >= 0.6 is 0 Å². The molecule has 0 spiro atoms. The Morgan fingerprint density at radius 3 is 2.67 bits per heavy atom. The van der Waals surface area contributed by atoms with Gasteiger partial charge < -0.3 is 19.4 Å². The van der Waals surface area contributed by atoms with Gasteiger partial charge in [-0.1, -0.05) is 0 Å². The number of ether oxygens (including phenoxy) is 2. The van der Waals surface area contributed by atoms with Crippen LogP contribution in [0.2, 0.25) is 0 Å². The van der Waals surface area contributed by atoms with Gasteiger partial charge in [-0.3, -0.25) is 0 Å². The van der Waals surface area contributed by atoms with Crippen molar-refractivity contribution in [1.29, 1.82) is 0 Å². The number of nitrogens with one attached hydrogen (secondary N) is 1. The monoisotopic (exact) mass is 405 g/mol. The zero-order chi connectivity index (χ0) is 20.3. The summed E-state index contributed by atoms with van der Waals surface area (Å²) in [5.74, 6) is 2.25. The summed E-state index contributed by atoms with van der Waals surface area (Å²) in [7, 11) is 0. The fraction of sp³-hybridized carbons (Fsp3) is 0.435. The van der Waals surface area contributed by atoms with Crippen LogP contribution < -0.4 is 5.32 Å². The predicted molar refractivity (Wildman–Crippen MR) is 114 cm³/mol. The number of hydrogen-bond acceptors (Lipinski definition) is 6. The fourth-order valence-corrected chi connectivity index (χ4v) is 4.23. The SMILES string of the molecule is Cc1nccn1-c1ccc(Nc2nc3c(c(CC4CCOCC4)n2)COCC3)cc1. The third-order valence-corrected chi connectivity index (χ3v) is 5.96. The normalized spacial score (nSPS) is 17.0. The van der Waals surface area contributed by atoms with Gasteiger partial charge in [-0.05, 0) is 56.4 Å². The lowest BCUT2D eigenvalue weighted by Crippen LogP contribution is -2.22. The lowest BCUT2D eigenvalue weighted by molar-refractivity contribution is 0.0656. The van der Waals surface area contributed by atoms with Gasteiger partial charge in [-0.2, -0.15) is 0 Å². The molecule has 2 aliphatic heterocycles. The summed E-state index contributed by atoms with van der Waals surface area (Å²) in [5.41, 5.74) is 5.48. The molecule has 0 saturated carbocycles. The highest BCUT2D eigenvalue weighted by molar-refractivity contribution is 5.56. The van der Waals surface area contributed by atoms with E-state index in [1.54, 1.807) is 0 Å². The molecule has 30 heavy (non-hydrogen) atoms. The van der Waals surface area contributed by atoms with Crippen molar-refractivity contribution in [3.8, 4) is 5.69 Å². The van der Waals surface area contributed by atoms with Crippen LogP contribution in [-0.4, -0.2) is 39.3 Å². The second kappa shape index (κ2) is 8.53. The van der Waals surface area contributed by atoms with E-state index in [2.05, 4.69) is 39.1 Å². The third-order valence-electron chi connectivity index (χ3n) is 5.96. The second-order valence-corrected chi connectivity index (χ2v) is 8.00. The molecule has 3 aromatic rings. The molecule has 0 atom stereocenters. The molecule has 7 heteroatoms. The minimum Gasteiger partial charge on any atom is -0.381 e. The Labute approximate surface area is 176 Å². The number of anilines is 2. The van der Waals surface area contributed by atoms with Crippen molar-refractivity contribution in [3.63, 3.8) is 0 Å². The average Bonchev–Trinajstić information content (AvgIpc) is 3.21. The first-order valence-corrected chi connectivity index (χ1v) is 10.7. The Bertz CT molecular complexity index is 1010. The Morgan fingerprint density at radius 1 is 1.07 bits per heavy atom. The minimum atomic E-state index is 0.616. The summed E-state index contributed by atoms with van der Waals surface area (Å²) in [6.45, 7) is 5.04. The molecule has 5 rings (SSSR count). The zero-order valence-corrected chi connectivity index (χ0v) is 17.3. The Morgan fingerprint density at radius 2 is 1.90 bits per heavy atom. The van der Waals surface area contributed by atoms with Crippen LogP contribution in [0.25, 0.3) is 5.69 Å². The Kier molecular flexibility index (Phi) is 5.46. The van der Waals surface area contributed by atoms with E-state index in [1.807, 2.05) is 19.3 Å². The third kappa shape index (κ3) is 4.08. The van der Waals surface area contributed by atoms with Gasteiger partial charge in [-0.25, -0.2) is 15.0 Å². The first kappa shape index (κ1) is 19.2. The summed E-state index contributed by atoms with van der Waals surface area (Å²) >= 11 is 0. The van der Waals surface area contributed by atoms with Crippen LogP contribution in [0.4, 0.5) is 11.6 Å². The van der Waals surface area contributed by atoms with Gasteiger partial charge >= 0.3 is 0 Å². The highest BCUT2D eigenvalue weighted by Gasteiger charge is 2.22. The van der Waals surface area contributed by atoms with Crippen molar-refractivity contribution in [1.82, 2.24) is 19.5 Å². The molecule has 1 aromatic carbocycles. The van der Waals surface area contributed by atoms with E-state index in [0.717, 1.165) is 74.1 Å². The maximum Gasteiger partial charge on any atom is 0.227 e. The van der Waals surface area contributed by atoms with E-state index in [4.69, 9.17) is 19.4 Å². The molecule has 4 heterocycles. The summed E-state index contributed by atoms with van der Waals surface area (Å²) in [5, 5.41) is 3.41. The molecular formula is C23H27N5O2. The van der Waals surface area contributed by atoms with E-state index in [9.17, 15) is 0 Å². The molecule has 0 amide bonds. The van der Waals surface area contributed by atoms with Crippen molar-refractivity contribution in [2.75, 3.05) is 25.1 Å². The van der Waals surface area contributed by atoms with Crippen molar-refractivity contribution >= 4 is 11.6 Å². The molecule has 2 aromatic heterocycles. The topological polar surface area (TPSA) is 74.1 Å². The molecule has 0 bridgehead atoms. The van der Waals surface area contributed by atoms with Crippen LogP contribution in [0.15, 0.2) is 36.7 Å². The van der Waals surface area contributed by atoms with E-state index in [0.29, 0.717) is 18.5 Å². The molecule has 0 unspecified atom stereocenters. The van der Waals surface area contributed by atoms with E-state index in [1.165, 1.54) is 5.56 Å². The molecule has 1 fully saturated rings. The summed E-state index contributed by atoms with van der Waals surface area (Å²) < 4.78 is 13.3. The van der Waals surface area contributed by atoms with Crippen LogP contribution in [0.1, 0.15) is 35.6 Å². The highest BCUT2D eigenvalue weighted by atomic mass is 16.5. The number of benzene rings is 1. The first-order valence-electron chi connectivity index (χ1n) is 10.7. The van der Waals surface area contributed by atoms with Gasteiger partial charge in [0.25, 0.3) is 0 Å². The number of imidazole rings is 1. The van der Waals surface area contributed by atoms with Crippen molar-refractivity contribution in [2.45, 2.75) is 39.2 Å². The Balaban J connectivity index is 1.38. The standard InChI is InChI=1S/C23H27N5O2/c1-16-24-9-10-28(16)19-4-2-18(3-5-19)25-23-26-21-8-13-30-15-20(21)22(27-23)14-17-6-11-29-12-7-17/h2-5,9-10,17H,6-8,11-15H2,1H3,(H,25,26,27). The predicted octanol–water partition coefficient (Wildman–Crippen LogP) is 3.76. The zero-order valence-electron chi connectivity index (χ0n) is 17.3. The van der Waals surface area contributed by atoms with Crippen LogP contribution in [0, 0.1) is 12.8 Å². The number of aryl methyl sites for hydroxylation is 1. The van der Waals surface area contributed by atoms with Crippen molar-refractivity contribution in [3.05, 3.63) is 59.4 Å². The maximum atomic E-state index is 5.71. The summed E-state index contributed by atoms with van der Waals surface area (Å²) in [6.07, 6.45) is 7.77. The van der Waals surface area contributed by atoms with E-state index in [-0.39, 0.29) is 0 Å². The first-order chi connectivity index (χ1) is 14.8. The van der Waals surface area contributed by atoms with Gasteiger partial charge in [-0.15, -0.1) is 0 Å². The molecule has 0 radical (unpaired) electrons. The maximum absolute atomic E-state index is 5.71. The molecule has 156 valence electrons. The van der Waals surface area contributed by atoms with Gasteiger partial charge in [0, 0.05) is 49.0 Å². The number of nitrogens with zero attached hydrogens (tertiary/aromatic N) is 4. The largest absolute Gasteiger partial charge is 0.381 e. The molecular weight excluding hydrogens is 378 g/mol. The van der Waals surface area contributed by atoms with Gasteiger partial charge in [0.05, 0.1) is 24.6 Å². The fourth-order valence-electron chi connectivity index (χ4n) is 4.23. The summed E-state index contributed by atoms with van der Waals surface area (Å²) in [4.78, 5) is 14.0. The molecule has 1 saturated heterocycles. The van der Waals surface area contributed by atoms with Gasteiger partial charge in [0.2, 0.25) is 5.95 Å². The average molecular weight is 406 g/mol. The number of rotatable bonds is 5. The lowest BCUT2D eigenvalue weighted by atomic mass is 9.92. The molecule has 7 nitrogen and oxygen atoms in total. The van der Waals surface area contributed by atoms with Gasteiger partial charge in [0.15, 0.2) is 0 Å². The molecule has 1 N–H and O–H groups in total. The van der Waals surface area contributed by atoms with Crippen molar-refractivity contribution in [2.24, 2.45) is 5.92 Å². The molecule has 0 aliphatic carbocycles. The number of aromatic nitrogens is 4. The van der Waals surface area contributed by atoms with Crippen LogP contribution in [0.3, 0.4) is 0 Å². The number of hydrogen-bond donors (Lipinski definition) is 1. The van der Waals surface area contributed by atoms with Gasteiger partial charge in [0.1, 0.15) is 5.82 Å². The van der Waals surface area contributed by atoms with Crippen LogP contribution in [0.5, 0.6) is 0 Å². The smallest absolute Gasteiger partial charge is 0.227 e. The van der Waals surface area contributed by atoms with E-state index >= 15 is 0 Å². The minimum absolute atomic E-state index is 0.616. The quantitative estimate of drug-likeness (QED) is 0.697. The highest BCUT2D eigenvalue weighted by Crippen LogP contribution is 2.27. The second-order valence-electron chi connectivity index (χ2n) is 8.00. The molecule has 2 aliphatic rings. The number of fused-ring (bicyclic) bond motifs is 1. The Hall–Kier alpha value is -2.77. The summed E-state index contributed by atoms with van der Waals surface area (Å²) in [6, 6.07) is 8.26. The van der Waals surface area contributed by atoms with Crippen LogP contribution in [-0.2, 0) is 28.9 Å². The lowest BCUT2D eigenvalue weighted by Gasteiger charge is -2.25.